The number of carbonyl (C=O) groups excluding carboxylic acids is 1. The van der Waals surface area contributed by atoms with Crippen molar-refractivity contribution in [1.82, 2.24) is 15.2 Å². The molecule has 0 radical (unpaired) electrons. The molecule has 1 amide bonds. The molecule has 6 aliphatic rings. The monoisotopic (exact) mass is 632 g/mol. The van der Waals surface area contributed by atoms with Gasteiger partial charge in [0.15, 0.2) is 0 Å². The molecule has 6 aliphatic heterocycles. The van der Waals surface area contributed by atoms with Gasteiger partial charge in [-0.15, -0.1) is 0 Å². The van der Waals surface area contributed by atoms with Crippen molar-refractivity contribution in [3.05, 3.63) is 46.4 Å². The fourth-order valence-electron chi connectivity index (χ4n) is 9.37. The van der Waals surface area contributed by atoms with E-state index in [1.165, 1.54) is 18.9 Å². The highest BCUT2D eigenvalue weighted by Crippen LogP contribution is 2.50. The second kappa shape index (κ2) is 10.1. The van der Waals surface area contributed by atoms with E-state index in [2.05, 4.69) is 20.0 Å². The van der Waals surface area contributed by atoms with Crippen LogP contribution in [0.4, 0.5) is 21.5 Å². The summed E-state index contributed by atoms with van der Waals surface area (Å²) in [4.78, 5) is 28.1. The summed E-state index contributed by atoms with van der Waals surface area (Å²) in [6.07, 6.45) is 7.33. The largest absolute Gasteiger partial charge is 0.508 e. The maximum Gasteiger partial charge on any atom is 0.251 e. The standard InChI is InChI=1S/C34H38ClFN6O3/c1-39-31-29(42-16-20-5-7-24(37-20)30(42)33(39)44)22-8-13-40(26-15-21(43)14-19-4-6-23(36)28(35)27(19)26)17-25(22)38-32(31)45-18-34-9-2-11-41(34)12-3-10-34/h4,6,14-15,20,24,30,37,43H,2-3,5,7-13,16-18H2,1H3. The molecule has 236 valence electrons. The van der Waals surface area contributed by atoms with Gasteiger partial charge in [0.1, 0.15) is 29.9 Å². The first-order chi connectivity index (χ1) is 21.8. The number of amides is 1. The number of phenols is 1. The van der Waals surface area contributed by atoms with E-state index in [0.717, 1.165) is 67.9 Å². The minimum absolute atomic E-state index is 0.0335. The SMILES string of the molecule is CN1C(=O)C2C3CCC(CN2c2c4c(nc(OCC56CCCN5CCC6)c21)CN(c1cc(O)cc2ccc(F)c(Cl)c12)CC4)N3. The molecule has 45 heavy (non-hydrogen) atoms. The number of phenolic OH excluding ortho intramolecular Hbond substituents is 1. The second-order valence-electron chi connectivity index (χ2n) is 13.9. The fraction of sp³-hybridized carbons (Fsp3) is 0.529. The number of anilines is 3. The lowest BCUT2D eigenvalue weighted by molar-refractivity contribution is -0.120. The van der Waals surface area contributed by atoms with Crippen LogP contribution < -0.4 is 24.8 Å². The van der Waals surface area contributed by atoms with Crippen LogP contribution in [0.1, 0.15) is 49.8 Å². The summed E-state index contributed by atoms with van der Waals surface area (Å²) in [5.41, 5.74) is 4.61. The Labute approximate surface area is 266 Å². The van der Waals surface area contributed by atoms with E-state index in [4.69, 9.17) is 21.3 Å². The number of benzene rings is 2. The first kappa shape index (κ1) is 27.9. The minimum Gasteiger partial charge on any atom is -0.508 e. The first-order valence-electron chi connectivity index (χ1n) is 16.4. The van der Waals surface area contributed by atoms with Gasteiger partial charge in [0, 0.05) is 49.2 Å². The molecule has 2 N–H and O–H groups in total. The zero-order valence-electron chi connectivity index (χ0n) is 25.5. The van der Waals surface area contributed by atoms with Gasteiger partial charge in [-0.1, -0.05) is 17.7 Å². The molecule has 3 aromatic rings. The second-order valence-corrected chi connectivity index (χ2v) is 14.3. The van der Waals surface area contributed by atoms with Gasteiger partial charge in [-0.3, -0.25) is 9.69 Å². The number of fused-ring (bicyclic) bond motifs is 10. The quantitative estimate of drug-likeness (QED) is 0.432. The summed E-state index contributed by atoms with van der Waals surface area (Å²) in [5, 5.41) is 15.6. The van der Waals surface area contributed by atoms with Gasteiger partial charge in [0.05, 0.1) is 34.2 Å². The lowest BCUT2D eigenvalue weighted by Gasteiger charge is -2.49. The summed E-state index contributed by atoms with van der Waals surface area (Å²) >= 11 is 6.54. The number of carbonyl (C=O) groups is 1. The number of hydrogen-bond donors (Lipinski definition) is 2. The van der Waals surface area contributed by atoms with Gasteiger partial charge >= 0.3 is 0 Å². The minimum atomic E-state index is -0.490. The van der Waals surface area contributed by atoms with E-state index in [0.29, 0.717) is 54.5 Å². The number of aromatic nitrogens is 1. The number of piperazine rings is 1. The van der Waals surface area contributed by atoms with Crippen molar-refractivity contribution >= 4 is 45.3 Å². The highest BCUT2D eigenvalue weighted by molar-refractivity contribution is 6.37. The molecule has 1 aromatic heterocycles. The molecule has 0 saturated carbocycles. The molecular weight excluding hydrogens is 595 g/mol. The van der Waals surface area contributed by atoms with Gasteiger partial charge in [-0.05, 0) is 75.6 Å². The van der Waals surface area contributed by atoms with Crippen LogP contribution in [0.3, 0.4) is 0 Å². The Morgan fingerprint density at radius 2 is 1.98 bits per heavy atom. The molecular formula is C34H38ClFN6O3. The third-order valence-electron chi connectivity index (χ3n) is 11.5. The van der Waals surface area contributed by atoms with Crippen molar-refractivity contribution < 1.29 is 19.0 Å². The Hall–Kier alpha value is -3.34. The molecule has 0 spiro atoms. The summed E-state index contributed by atoms with van der Waals surface area (Å²) < 4.78 is 21.5. The molecule has 3 unspecified atom stereocenters. The number of nitrogens with zero attached hydrogens (tertiary/aromatic N) is 5. The molecule has 4 fully saturated rings. The zero-order valence-corrected chi connectivity index (χ0v) is 26.2. The van der Waals surface area contributed by atoms with E-state index in [1.54, 1.807) is 23.1 Å². The molecule has 7 heterocycles. The molecule has 0 aliphatic carbocycles. The predicted octanol–water partition coefficient (Wildman–Crippen LogP) is 4.59. The molecule has 11 heteroatoms. The van der Waals surface area contributed by atoms with Crippen molar-refractivity contribution in [3.8, 4) is 11.6 Å². The smallest absolute Gasteiger partial charge is 0.251 e. The number of rotatable bonds is 4. The van der Waals surface area contributed by atoms with Crippen molar-refractivity contribution in [1.29, 1.82) is 0 Å². The lowest BCUT2D eigenvalue weighted by Crippen LogP contribution is -2.66. The summed E-state index contributed by atoms with van der Waals surface area (Å²) in [6.45, 7) is 4.63. The predicted molar refractivity (Wildman–Crippen MR) is 172 cm³/mol. The Balaban J connectivity index is 1.17. The summed E-state index contributed by atoms with van der Waals surface area (Å²) in [5.74, 6) is 0.220. The van der Waals surface area contributed by atoms with Crippen LogP contribution in [-0.2, 0) is 17.8 Å². The normalized spacial score (nSPS) is 26.7. The van der Waals surface area contributed by atoms with Crippen molar-refractivity contribution in [2.45, 2.75) is 75.2 Å². The fourth-order valence-corrected chi connectivity index (χ4v) is 9.64. The molecule has 9 nitrogen and oxygen atoms in total. The van der Waals surface area contributed by atoms with Crippen LogP contribution in [-0.4, -0.2) is 84.4 Å². The van der Waals surface area contributed by atoms with E-state index >= 15 is 0 Å². The molecule has 4 saturated heterocycles. The number of ether oxygens (including phenoxy) is 1. The zero-order chi connectivity index (χ0) is 30.6. The van der Waals surface area contributed by atoms with Crippen molar-refractivity contribution in [3.63, 3.8) is 0 Å². The van der Waals surface area contributed by atoms with Crippen LogP contribution in [0.2, 0.25) is 5.02 Å². The average molecular weight is 633 g/mol. The van der Waals surface area contributed by atoms with E-state index in [1.807, 2.05) is 7.05 Å². The van der Waals surface area contributed by atoms with E-state index in [9.17, 15) is 14.3 Å². The van der Waals surface area contributed by atoms with Crippen LogP contribution in [0, 0.1) is 5.82 Å². The van der Waals surface area contributed by atoms with Crippen LogP contribution in [0.25, 0.3) is 10.8 Å². The Kier molecular flexibility index (Phi) is 6.25. The summed E-state index contributed by atoms with van der Waals surface area (Å²) in [6, 6.07) is 6.49. The maximum absolute atomic E-state index is 14.7. The molecule has 3 atom stereocenters. The third-order valence-corrected chi connectivity index (χ3v) is 11.9. The lowest BCUT2D eigenvalue weighted by atomic mass is 9.92. The highest BCUT2D eigenvalue weighted by Gasteiger charge is 2.51. The molecule has 9 rings (SSSR count). The number of pyridine rings is 1. The van der Waals surface area contributed by atoms with Crippen LogP contribution >= 0.6 is 11.6 Å². The van der Waals surface area contributed by atoms with Gasteiger partial charge in [0.2, 0.25) is 5.88 Å². The highest BCUT2D eigenvalue weighted by atomic mass is 35.5. The van der Waals surface area contributed by atoms with Crippen LogP contribution in [0.5, 0.6) is 11.6 Å². The Morgan fingerprint density at radius 1 is 1.16 bits per heavy atom. The van der Waals surface area contributed by atoms with E-state index in [-0.39, 0.29) is 34.3 Å². The number of halogens is 2. The van der Waals surface area contributed by atoms with E-state index < -0.39 is 5.82 Å². The van der Waals surface area contributed by atoms with Gasteiger partial charge < -0.3 is 29.9 Å². The van der Waals surface area contributed by atoms with Gasteiger partial charge in [0.25, 0.3) is 5.91 Å². The van der Waals surface area contributed by atoms with Crippen LogP contribution in [0.15, 0.2) is 24.3 Å². The average Bonchev–Trinajstić information content (AvgIpc) is 3.73. The molecule has 2 aromatic carbocycles. The van der Waals surface area contributed by atoms with Gasteiger partial charge in [-0.2, -0.15) is 0 Å². The third kappa shape index (κ3) is 4.11. The number of likely N-dealkylation sites (N-methyl/N-ethyl adjacent to an activating group) is 1. The molecule has 2 bridgehead atoms. The Bertz CT molecular complexity index is 1740. The topological polar surface area (TPSA) is 84.4 Å². The first-order valence-corrected chi connectivity index (χ1v) is 16.8. The Morgan fingerprint density at radius 3 is 2.80 bits per heavy atom. The van der Waals surface area contributed by atoms with Crippen molar-refractivity contribution in [2.75, 3.05) is 54.5 Å². The maximum atomic E-state index is 14.7. The number of hydrogen-bond acceptors (Lipinski definition) is 8. The number of nitrogens with one attached hydrogen (secondary N) is 1. The van der Waals surface area contributed by atoms with Crippen molar-refractivity contribution in [2.24, 2.45) is 0 Å². The summed E-state index contributed by atoms with van der Waals surface area (Å²) in [7, 11) is 1.88. The van der Waals surface area contributed by atoms with Gasteiger partial charge in [-0.25, -0.2) is 9.37 Å². The number of aromatic hydroxyl groups is 1.